The summed E-state index contributed by atoms with van der Waals surface area (Å²) in [5, 5.41) is 15.4. The molecule has 2 aromatic rings. The van der Waals surface area contributed by atoms with Gasteiger partial charge in [0, 0.05) is 18.2 Å². The number of rotatable bonds is 5. The molecule has 1 aliphatic rings. The molecular weight excluding hydrogens is 324 g/mol. The van der Waals surface area contributed by atoms with Gasteiger partial charge in [-0.2, -0.15) is 5.26 Å². The first-order chi connectivity index (χ1) is 12.7. The number of pyridine rings is 1. The van der Waals surface area contributed by atoms with Crippen LogP contribution in [0.25, 0.3) is 11.3 Å². The smallest absolute Gasteiger partial charge is 0.238 e. The lowest BCUT2D eigenvalue weighted by Crippen LogP contribution is -2.49. The Morgan fingerprint density at radius 1 is 1.31 bits per heavy atom. The molecule has 5 nitrogen and oxygen atoms in total. The molecule has 0 bridgehead atoms. The average Bonchev–Trinajstić information content (AvgIpc) is 2.69. The van der Waals surface area contributed by atoms with Crippen LogP contribution in [0, 0.1) is 18.3 Å². The van der Waals surface area contributed by atoms with Crippen molar-refractivity contribution in [2.45, 2.75) is 44.7 Å². The van der Waals surface area contributed by atoms with Crippen LogP contribution in [0.15, 0.2) is 42.6 Å². The summed E-state index contributed by atoms with van der Waals surface area (Å²) in [5.74, 6) is -0.0829. The van der Waals surface area contributed by atoms with Crippen molar-refractivity contribution < 1.29 is 4.79 Å². The molecule has 134 valence electrons. The molecule has 0 spiro atoms. The van der Waals surface area contributed by atoms with Crippen molar-refractivity contribution in [1.82, 2.24) is 15.6 Å². The summed E-state index contributed by atoms with van der Waals surface area (Å²) in [5.41, 5.74) is 4.11. The van der Waals surface area contributed by atoms with Crippen LogP contribution in [0.2, 0.25) is 0 Å². The summed E-state index contributed by atoms with van der Waals surface area (Å²) in [6.07, 6.45) is 5.22. The van der Waals surface area contributed by atoms with Crippen LogP contribution in [-0.2, 0) is 11.2 Å². The lowest BCUT2D eigenvalue weighted by Gasteiger charge is -2.23. The summed E-state index contributed by atoms with van der Waals surface area (Å²) in [7, 11) is 0. The van der Waals surface area contributed by atoms with E-state index in [1.54, 1.807) is 6.20 Å². The van der Waals surface area contributed by atoms with Crippen molar-refractivity contribution in [3.8, 4) is 17.3 Å². The van der Waals surface area contributed by atoms with E-state index in [2.05, 4.69) is 40.7 Å². The molecule has 26 heavy (non-hydrogen) atoms. The number of carbonyl (C=O) groups excluding carboxylic acids is 1. The Hall–Kier alpha value is -2.71. The molecule has 1 aromatic heterocycles. The van der Waals surface area contributed by atoms with Crippen molar-refractivity contribution in [3.63, 3.8) is 0 Å². The first kappa shape index (κ1) is 18.1. The Bertz CT molecular complexity index is 771. The Kier molecular flexibility index (Phi) is 5.98. The number of aromatic nitrogens is 1. The maximum Gasteiger partial charge on any atom is 0.238 e. The van der Waals surface area contributed by atoms with Gasteiger partial charge >= 0.3 is 0 Å². The number of piperidine rings is 1. The number of amides is 1. The fourth-order valence-corrected chi connectivity index (χ4v) is 3.15. The quantitative estimate of drug-likeness (QED) is 0.871. The average molecular weight is 348 g/mol. The summed E-state index contributed by atoms with van der Waals surface area (Å²) < 4.78 is 0. The highest BCUT2D eigenvalue weighted by molar-refractivity contribution is 5.82. The molecule has 2 N–H and O–H groups in total. The topological polar surface area (TPSA) is 77.8 Å². The SMILES string of the molecule is Cc1ccc(-c2ccc(C[C@@H](C#N)NC(=O)[C@@H]3CCCCN3)cn2)cc1. The highest BCUT2D eigenvalue weighted by Gasteiger charge is 2.23. The van der Waals surface area contributed by atoms with Gasteiger partial charge in [0.25, 0.3) is 0 Å². The van der Waals surface area contributed by atoms with Gasteiger partial charge in [0.2, 0.25) is 5.91 Å². The Balaban J connectivity index is 1.60. The Morgan fingerprint density at radius 2 is 2.12 bits per heavy atom. The van der Waals surface area contributed by atoms with Crippen LogP contribution in [-0.4, -0.2) is 29.5 Å². The van der Waals surface area contributed by atoms with E-state index in [0.717, 1.165) is 42.6 Å². The van der Waals surface area contributed by atoms with E-state index < -0.39 is 6.04 Å². The first-order valence-electron chi connectivity index (χ1n) is 9.11. The van der Waals surface area contributed by atoms with E-state index in [1.165, 1.54) is 5.56 Å². The lowest BCUT2D eigenvalue weighted by molar-refractivity contribution is -0.124. The third-order valence-electron chi connectivity index (χ3n) is 4.71. The number of benzene rings is 1. The summed E-state index contributed by atoms with van der Waals surface area (Å²) in [6.45, 7) is 2.92. The highest BCUT2D eigenvalue weighted by Crippen LogP contribution is 2.18. The van der Waals surface area contributed by atoms with Gasteiger partial charge in [-0.25, -0.2) is 0 Å². The second kappa shape index (κ2) is 8.59. The molecule has 1 aliphatic heterocycles. The molecule has 1 aromatic carbocycles. The molecule has 0 saturated carbocycles. The van der Waals surface area contributed by atoms with E-state index in [9.17, 15) is 10.1 Å². The van der Waals surface area contributed by atoms with E-state index >= 15 is 0 Å². The number of nitriles is 1. The maximum absolute atomic E-state index is 12.3. The van der Waals surface area contributed by atoms with Crippen LogP contribution in [0.1, 0.15) is 30.4 Å². The van der Waals surface area contributed by atoms with Crippen LogP contribution in [0.4, 0.5) is 0 Å². The molecular formula is C21H24N4O. The lowest BCUT2D eigenvalue weighted by atomic mass is 10.0. The van der Waals surface area contributed by atoms with Gasteiger partial charge in [-0.15, -0.1) is 0 Å². The zero-order chi connectivity index (χ0) is 18.4. The fourth-order valence-electron chi connectivity index (χ4n) is 3.15. The van der Waals surface area contributed by atoms with E-state index in [4.69, 9.17) is 0 Å². The predicted molar refractivity (Wildman–Crippen MR) is 101 cm³/mol. The number of hydrogen-bond donors (Lipinski definition) is 2. The van der Waals surface area contributed by atoms with Crippen molar-refractivity contribution in [2.75, 3.05) is 6.54 Å². The Morgan fingerprint density at radius 3 is 2.73 bits per heavy atom. The molecule has 5 heteroatoms. The second-order valence-electron chi connectivity index (χ2n) is 6.81. The minimum Gasteiger partial charge on any atom is -0.339 e. The molecule has 1 fully saturated rings. The normalized spacial score (nSPS) is 17.9. The van der Waals surface area contributed by atoms with Crippen molar-refractivity contribution >= 4 is 5.91 Å². The van der Waals surface area contributed by atoms with Crippen molar-refractivity contribution in [1.29, 1.82) is 5.26 Å². The summed E-state index contributed by atoms with van der Waals surface area (Å²) in [4.78, 5) is 16.8. The third-order valence-corrected chi connectivity index (χ3v) is 4.71. The zero-order valence-corrected chi connectivity index (χ0v) is 15.0. The van der Waals surface area contributed by atoms with Gasteiger partial charge in [0.15, 0.2) is 0 Å². The van der Waals surface area contributed by atoms with Crippen LogP contribution in [0.3, 0.4) is 0 Å². The molecule has 1 amide bonds. The van der Waals surface area contributed by atoms with Gasteiger partial charge in [-0.1, -0.05) is 42.3 Å². The third kappa shape index (κ3) is 4.68. The molecule has 3 rings (SSSR count). The number of nitrogens with zero attached hydrogens (tertiary/aromatic N) is 2. The monoisotopic (exact) mass is 348 g/mol. The van der Waals surface area contributed by atoms with Gasteiger partial charge < -0.3 is 10.6 Å². The van der Waals surface area contributed by atoms with Crippen LogP contribution in [0.5, 0.6) is 0 Å². The first-order valence-corrected chi connectivity index (χ1v) is 9.11. The van der Waals surface area contributed by atoms with Gasteiger partial charge in [-0.05, 0) is 37.9 Å². The maximum atomic E-state index is 12.3. The number of hydrogen-bond acceptors (Lipinski definition) is 4. The van der Waals surface area contributed by atoms with Crippen molar-refractivity contribution in [2.24, 2.45) is 0 Å². The van der Waals surface area contributed by atoms with Crippen LogP contribution < -0.4 is 10.6 Å². The minimum atomic E-state index is -0.543. The molecule has 0 unspecified atom stereocenters. The summed E-state index contributed by atoms with van der Waals surface area (Å²) in [6, 6.07) is 13.6. The molecule has 0 radical (unpaired) electrons. The molecule has 2 heterocycles. The number of aryl methyl sites for hydroxylation is 1. The van der Waals surface area contributed by atoms with Gasteiger partial charge in [0.05, 0.1) is 17.8 Å². The molecule has 0 aliphatic carbocycles. The second-order valence-corrected chi connectivity index (χ2v) is 6.81. The zero-order valence-electron chi connectivity index (χ0n) is 15.0. The minimum absolute atomic E-state index is 0.0829. The molecule has 2 atom stereocenters. The number of nitrogens with one attached hydrogen (secondary N) is 2. The largest absolute Gasteiger partial charge is 0.339 e. The Labute approximate surface area is 154 Å². The van der Waals surface area contributed by atoms with Gasteiger partial charge in [-0.3, -0.25) is 9.78 Å². The van der Waals surface area contributed by atoms with E-state index in [0.29, 0.717) is 6.42 Å². The van der Waals surface area contributed by atoms with E-state index in [1.807, 2.05) is 24.3 Å². The summed E-state index contributed by atoms with van der Waals surface area (Å²) >= 11 is 0. The molecule has 1 saturated heterocycles. The highest BCUT2D eigenvalue weighted by atomic mass is 16.2. The number of carbonyl (C=O) groups is 1. The van der Waals surface area contributed by atoms with Crippen LogP contribution >= 0.6 is 0 Å². The van der Waals surface area contributed by atoms with Gasteiger partial charge in [0.1, 0.15) is 6.04 Å². The van der Waals surface area contributed by atoms with E-state index in [-0.39, 0.29) is 11.9 Å². The fraction of sp³-hybridized carbons (Fsp3) is 0.381. The standard InChI is InChI=1S/C21H24N4O/c1-15-5-8-17(9-6-15)19-10-7-16(14-24-19)12-18(13-22)25-21(26)20-4-2-3-11-23-20/h5-10,14,18,20,23H,2-4,11-12H2,1H3,(H,25,26)/t18-,20-/m0/s1. The predicted octanol–water partition coefficient (Wildman–Crippen LogP) is 2.75. The van der Waals surface area contributed by atoms with Crippen molar-refractivity contribution in [3.05, 3.63) is 53.7 Å².